The van der Waals surface area contributed by atoms with Crippen molar-refractivity contribution < 1.29 is 4.74 Å². The average Bonchev–Trinajstić information content (AvgIpc) is 2.29. The van der Waals surface area contributed by atoms with Gasteiger partial charge in [-0.2, -0.15) is 0 Å². The molecule has 88 valence electrons. The molecule has 0 aromatic heterocycles. The van der Waals surface area contributed by atoms with Gasteiger partial charge in [0.1, 0.15) is 0 Å². The number of rotatable bonds is 2. The van der Waals surface area contributed by atoms with Crippen molar-refractivity contribution in [2.45, 2.75) is 32.8 Å². The molecule has 1 heterocycles. The molecule has 1 atom stereocenters. The van der Waals surface area contributed by atoms with Gasteiger partial charge in [0.25, 0.3) is 0 Å². The van der Waals surface area contributed by atoms with E-state index in [1.807, 2.05) is 7.11 Å². The highest BCUT2D eigenvalue weighted by Gasteiger charge is 2.20. The summed E-state index contributed by atoms with van der Waals surface area (Å²) in [5.74, 6) is 0. The predicted molar refractivity (Wildman–Crippen MR) is 68.2 cm³/mol. The molecule has 0 saturated carbocycles. The number of benzene rings is 1. The molecule has 0 bridgehead atoms. The number of anilines is 1. The lowest BCUT2D eigenvalue weighted by molar-refractivity contribution is 0.0893. The molecule has 2 heteroatoms. The predicted octanol–water partition coefficient (Wildman–Crippen LogP) is 2.92. The smallest absolute Gasteiger partial charge is 0.0746 e. The molecule has 2 rings (SSSR count). The molecule has 0 radical (unpaired) electrons. The summed E-state index contributed by atoms with van der Waals surface area (Å²) in [7, 11) is 1.82. The number of aryl methyl sites for hydroxylation is 2. The Hall–Kier alpha value is -1.02. The zero-order chi connectivity index (χ0) is 11.5. The third kappa shape index (κ3) is 2.38. The number of methoxy groups -OCH3 is 1. The van der Waals surface area contributed by atoms with Crippen LogP contribution in [0.1, 0.15) is 24.0 Å². The summed E-state index contributed by atoms with van der Waals surface area (Å²) in [5.41, 5.74) is 4.07. The summed E-state index contributed by atoms with van der Waals surface area (Å²) in [6, 6.07) is 6.69. The van der Waals surface area contributed by atoms with Crippen LogP contribution in [-0.2, 0) is 4.74 Å². The first kappa shape index (κ1) is 11.5. The van der Waals surface area contributed by atoms with Crippen molar-refractivity contribution in [1.29, 1.82) is 0 Å². The summed E-state index contributed by atoms with van der Waals surface area (Å²) in [4.78, 5) is 2.45. The van der Waals surface area contributed by atoms with Crippen LogP contribution in [0.25, 0.3) is 0 Å². The van der Waals surface area contributed by atoms with E-state index in [4.69, 9.17) is 4.74 Å². The van der Waals surface area contributed by atoms with Gasteiger partial charge in [-0.25, -0.2) is 0 Å². The van der Waals surface area contributed by atoms with Gasteiger partial charge in [-0.15, -0.1) is 0 Å². The molecule has 1 fully saturated rings. The second-order valence-electron chi connectivity index (χ2n) is 4.74. The van der Waals surface area contributed by atoms with E-state index in [-0.39, 0.29) is 0 Å². The van der Waals surface area contributed by atoms with Crippen molar-refractivity contribution in [3.63, 3.8) is 0 Å². The fraction of sp³-hybridized carbons (Fsp3) is 0.571. The monoisotopic (exact) mass is 219 g/mol. The van der Waals surface area contributed by atoms with Crippen LogP contribution in [0.3, 0.4) is 0 Å². The van der Waals surface area contributed by atoms with Crippen LogP contribution in [-0.4, -0.2) is 26.3 Å². The topological polar surface area (TPSA) is 12.5 Å². The largest absolute Gasteiger partial charge is 0.380 e. The molecule has 16 heavy (non-hydrogen) atoms. The van der Waals surface area contributed by atoms with Gasteiger partial charge in [-0.3, -0.25) is 0 Å². The number of piperidine rings is 1. The first-order chi connectivity index (χ1) is 7.70. The van der Waals surface area contributed by atoms with Gasteiger partial charge in [-0.1, -0.05) is 17.7 Å². The lowest BCUT2D eigenvalue weighted by atomic mass is 10.0. The SMILES string of the molecule is COC1CCCN(c2ccc(C)cc2C)C1. The summed E-state index contributed by atoms with van der Waals surface area (Å²) in [6.07, 6.45) is 2.82. The highest BCUT2D eigenvalue weighted by molar-refractivity contribution is 5.54. The molecule has 0 amide bonds. The maximum atomic E-state index is 5.46. The van der Waals surface area contributed by atoms with E-state index in [1.165, 1.54) is 29.7 Å². The zero-order valence-corrected chi connectivity index (χ0v) is 10.5. The van der Waals surface area contributed by atoms with Crippen LogP contribution < -0.4 is 4.90 Å². The minimum atomic E-state index is 0.398. The van der Waals surface area contributed by atoms with E-state index in [9.17, 15) is 0 Å². The van der Waals surface area contributed by atoms with Gasteiger partial charge in [0, 0.05) is 25.9 Å². The van der Waals surface area contributed by atoms with E-state index in [2.05, 4.69) is 36.9 Å². The summed E-state index contributed by atoms with van der Waals surface area (Å²) >= 11 is 0. The van der Waals surface area contributed by atoms with Crippen LogP contribution >= 0.6 is 0 Å². The van der Waals surface area contributed by atoms with Crippen molar-refractivity contribution >= 4 is 5.69 Å². The molecule has 0 aliphatic carbocycles. The zero-order valence-electron chi connectivity index (χ0n) is 10.5. The van der Waals surface area contributed by atoms with Crippen molar-refractivity contribution in [2.24, 2.45) is 0 Å². The van der Waals surface area contributed by atoms with E-state index in [0.29, 0.717) is 6.10 Å². The molecule has 1 aromatic carbocycles. The Balaban J connectivity index is 2.16. The molecular formula is C14H21NO. The average molecular weight is 219 g/mol. The Morgan fingerprint density at radius 2 is 2.12 bits per heavy atom. The van der Waals surface area contributed by atoms with E-state index in [1.54, 1.807) is 0 Å². The van der Waals surface area contributed by atoms with Gasteiger partial charge in [0.15, 0.2) is 0 Å². The van der Waals surface area contributed by atoms with Crippen molar-refractivity contribution in [1.82, 2.24) is 0 Å². The van der Waals surface area contributed by atoms with Gasteiger partial charge >= 0.3 is 0 Å². The quantitative estimate of drug-likeness (QED) is 0.758. The van der Waals surface area contributed by atoms with Crippen molar-refractivity contribution in [2.75, 3.05) is 25.1 Å². The molecule has 2 nitrogen and oxygen atoms in total. The molecule has 0 spiro atoms. The maximum absolute atomic E-state index is 5.46. The molecule has 1 aliphatic rings. The van der Waals surface area contributed by atoms with Crippen molar-refractivity contribution in [3.8, 4) is 0 Å². The summed E-state index contributed by atoms with van der Waals surface area (Å²) in [6.45, 7) is 6.52. The van der Waals surface area contributed by atoms with Crippen LogP contribution in [0, 0.1) is 13.8 Å². The first-order valence-corrected chi connectivity index (χ1v) is 6.05. The molecule has 0 N–H and O–H groups in total. The normalized spacial score (nSPS) is 21.2. The lowest BCUT2D eigenvalue weighted by Crippen LogP contribution is -2.39. The minimum absolute atomic E-state index is 0.398. The van der Waals surface area contributed by atoms with Crippen LogP contribution in [0.4, 0.5) is 5.69 Å². The summed E-state index contributed by atoms with van der Waals surface area (Å²) in [5, 5.41) is 0. The van der Waals surface area contributed by atoms with E-state index >= 15 is 0 Å². The van der Waals surface area contributed by atoms with Crippen LogP contribution in [0.2, 0.25) is 0 Å². The lowest BCUT2D eigenvalue weighted by Gasteiger charge is -2.34. The Bertz CT molecular complexity index is 362. The number of ether oxygens (including phenoxy) is 1. The van der Waals surface area contributed by atoms with Gasteiger partial charge in [0.05, 0.1) is 6.10 Å². The van der Waals surface area contributed by atoms with Gasteiger partial charge in [0.2, 0.25) is 0 Å². The first-order valence-electron chi connectivity index (χ1n) is 6.05. The fourth-order valence-electron chi connectivity index (χ4n) is 2.51. The third-order valence-electron chi connectivity index (χ3n) is 3.40. The Morgan fingerprint density at radius 3 is 2.81 bits per heavy atom. The van der Waals surface area contributed by atoms with Gasteiger partial charge in [-0.05, 0) is 38.3 Å². The van der Waals surface area contributed by atoms with Crippen molar-refractivity contribution in [3.05, 3.63) is 29.3 Å². The number of nitrogens with zero attached hydrogens (tertiary/aromatic N) is 1. The van der Waals surface area contributed by atoms with Crippen LogP contribution in [0.5, 0.6) is 0 Å². The molecular weight excluding hydrogens is 198 g/mol. The molecule has 1 saturated heterocycles. The second kappa shape index (κ2) is 4.88. The Labute approximate surface area is 98.2 Å². The standard InChI is InChI=1S/C14H21NO/c1-11-6-7-14(12(2)9-11)15-8-4-5-13(10-15)16-3/h6-7,9,13H,4-5,8,10H2,1-3H3. The minimum Gasteiger partial charge on any atom is -0.380 e. The molecule has 1 aromatic rings. The highest BCUT2D eigenvalue weighted by atomic mass is 16.5. The van der Waals surface area contributed by atoms with E-state index in [0.717, 1.165) is 13.1 Å². The molecule has 1 unspecified atom stereocenters. The second-order valence-corrected chi connectivity index (χ2v) is 4.74. The van der Waals surface area contributed by atoms with Crippen LogP contribution in [0.15, 0.2) is 18.2 Å². The summed E-state index contributed by atoms with van der Waals surface area (Å²) < 4.78 is 5.46. The Morgan fingerprint density at radius 1 is 1.31 bits per heavy atom. The fourth-order valence-corrected chi connectivity index (χ4v) is 2.51. The van der Waals surface area contributed by atoms with E-state index < -0.39 is 0 Å². The maximum Gasteiger partial charge on any atom is 0.0746 e. The number of hydrogen-bond acceptors (Lipinski definition) is 2. The highest BCUT2D eigenvalue weighted by Crippen LogP contribution is 2.25. The molecule has 1 aliphatic heterocycles. The Kier molecular flexibility index (Phi) is 3.49. The number of hydrogen-bond donors (Lipinski definition) is 0. The van der Waals surface area contributed by atoms with Gasteiger partial charge < -0.3 is 9.64 Å². The third-order valence-corrected chi connectivity index (χ3v) is 3.40.